The lowest BCUT2D eigenvalue weighted by molar-refractivity contribution is -0.132. The first-order valence-electron chi connectivity index (χ1n) is 11.5. The summed E-state index contributed by atoms with van der Waals surface area (Å²) < 4.78 is 0. The summed E-state index contributed by atoms with van der Waals surface area (Å²) in [6.45, 7) is 3.48. The summed E-state index contributed by atoms with van der Waals surface area (Å²) in [6, 6.07) is 17.8. The minimum Gasteiger partial charge on any atom is -0.343 e. The molecule has 2 heterocycles. The zero-order valence-corrected chi connectivity index (χ0v) is 19.7. The number of aromatic nitrogens is 1. The van der Waals surface area contributed by atoms with Crippen molar-refractivity contribution in [2.45, 2.75) is 38.5 Å². The van der Waals surface area contributed by atoms with E-state index in [9.17, 15) is 9.59 Å². The van der Waals surface area contributed by atoms with Crippen molar-refractivity contribution in [1.82, 2.24) is 9.88 Å². The molecule has 0 saturated carbocycles. The molecule has 1 aliphatic heterocycles. The van der Waals surface area contributed by atoms with Crippen molar-refractivity contribution in [1.29, 1.82) is 0 Å². The topological polar surface area (TPSA) is 62.3 Å². The summed E-state index contributed by atoms with van der Waals surface area (Å²) in [5.74, 6) is 0.327. The predicted molar refractivity (Wildman–Crippen MR) is 135 cm³/mol. The fourth-order valence-electron chi connectivity index (χ4n) is 4.13. The number of carbonyl (C=O) groups is 2. The highest BCUT2D eigenvalue weighted by molar-refractivity contribution is 7.10. The van der Waals surface area contributed by atoms with E-state index in [1.54, 1.807) is 0 Å². The standard InChI is InChI=1S/C27H29N3O2S/c1-2-3-5-14-25(31)30-17-15-21(16-18-30)27-29-24(19-33-27)26(32)28-23-13-9-8-12-22(23)20-10-6-4-7-11-20/h2-4,6-13,19,21H,5,14-18H2,1H3,(H,28,32)/b3-2+. The van der Waals surface area contributed by atoms with Crippen molar-refractivity contribution >= 4 is 28.8 Å². The molecule has 0 aliphatic carbocycles. The van der Waals surface area contributed by atoms with E-state index in [1.807, 2.05) is 84.0 Å². The number of benzene rings is 2. The predicted octanol–water partition coefficient (Wildman–Crippen LogP) is 6.12. The lowest BCUT2D eigenvalue weighted by Crippen LogP contribution is -2.37. The number of hydrogen-bond acceptors (Lipinski definition) is 4. The monoisotopic (exact) mass is 459 g/mol. The first-order valence-corrected chi connectivity index (χ1v) is 12.3. The maximum Gasteiger partial charge on any atom is 0.275 e. The van der Waals surface area contributed by atoms with Crippen LogP contribution in [0.15, 0.2) is 72.1 Å². The first-order chi connectivity index (χ1) is 16.2. The van der Waals surface area contributed by atoms with E-state index < -0.39 is 0 Å². The Hall–Kier alpha value is -3.25. The Bertz CT molecular complexity index is 1120. The average molecular weight is 460 g/mol. The number of amides is 2. The highest BCUT2D eigenvalue weighted by Crippen LogP contribution is 2.32. The van der Waals surface area contributed by atoms with Gasteiger partial charge in [-0.25, -0.2) is 4.98 Å². The number of thiazole rings is 1. The summed E-state index contributed by atoms with van der Waals surface area (Å²) >= 11 is 1.54. The van der Waals surface area contributed by atoms with Crippen LogP contribution in [0.4, 0.5) is 5.69 Å². The third-order valence-corrected chi connectivity index (χ3v) is 6.98. The van der Waals surface area contributed by atoms with Crippen LogP contribution < -0.4 is 5.32 Å². The van der Waals surface area contributed by atoms with Gasteiger partial charge in [0.05, 0.1) is 5.01 Å². The molecule has 6 heteroatoms. The Morgan fingerprint density at radius 1 is 1.09 bits per heavy atom. The molecule has 5 nitrogen and oxygen atoms in total. The maximum absolute atomic E-state index is 12.9. The Labute approximate surface area is 199 Å². The van der Waals surface area contributed by atoms with E-state index in [0.717, 1.165) is 54.2 Å². The SMILES string of the molecule is C/C=C/CCC(=O)N1CCC(c2nc(C(=O)Nc3ccccc3-c3ccccc3)cs2)CC1. The third-order valence-electron chi connectivity index (χ3n) is 5.97. The van der Waals surface area contributed by atoms with Gasteiger partial charge in [0.15, 0.2) is 0 Å². The number of hydrogen-bond donors (Lipinski definition) is 1. The molecule has 4 rings (SSSR count). The second kappa shape index (κ2) is 11.1. The van der Waals surface area contributed by atoms with Gasteiger partial charge in [-0.15, -0.1) is 11.3 Å². The summed E-state index contributed by atoms with van der Waals surface area (Å²) in [5.41, 5.74) is 3.25. The van der Waals surface area contributed by atoms with Crippen LogP contribution in [0.3, 0.4) is 0 Å². The highest BCUT2D eigenvalue weighted by Gasteiger charge is 2.26. The molecule has 0 bridgehead atoms. The van der Waals surface area contributed by atoms with E-state index in [-0.39, 0.29) is 11.8 Å². The van der Waals surface area contributed by atoms with E-state index in [1.165, 1.54) is 11.3 Å². The molecule has 0 spiro atoms. The summed E-state index contributed by atoms with van der Waals surface area (Å²) in [7, 11) is 0. The zero-order chi connectivity index (χ0) is 23.0. The normalized spacial score (nSPS) is 14.5. The van der Waals surface area contributed by atoms with Gasteiger partial charge in [0, 0.05) is 42.1 Å². The van der Waals surface area contributed by atoms with Gasteiger partial charge in [0.1, 0.15) is 5.69 Å². The summed E-state index contributed by atoms with van der Waals surface area (Å²) in [5, 5.41) is 5.86. The molecule has 1 aromatic heterocycles. The average Bonchev–Trinajstić information content (AvgIpc) is 3.36. The minimum absolute atomic E-state index is 0.197. The number of para-hydroxylation sites is 1. The Balaban J connectivity index is 1.37. The van der Waals surface area contributed by atoms with Gasteiger partial charge in [0.2, 0.25) is 5.91 Å². The maximum atomic E-state index is 12.9. The van der Waals surface area contributed by atoms with Crippen molar-refractivity contribution in [2.75, 3.05) is 18.4 Å². The molecule has 0 atom stereocenters. The molecular formula is C27H29N3O2S. The van der Waals surface area contributed by atoms with E-state index in [2.05, 4.69) is 10.3 Å². The van der Waals surface area contributed by atoms with Crippen molar-refractivity contribution in [2.24, 2.45) is 0 Å². The fraction of sp³-hybridized carbons (Fsp3) is 0.296. The number of allylic oxidation sites excluding steroid dienone is 2. The Kier molecular flexibility index (Phi) is 7.68. The van der Waals surface area contributed by atoms with Gasteiger partial charge >= 0.3 is 0 Å². The van der Waals surface area contributed by atoms with E-state index in [0.29, 0.717) is 18.0 Å². The molecule has 1 N–H and O–H groups in total. The van der Waals surface area contributed by atoms with Gasteiger partial charge in [-0.05, 0) is 37.8 Å². The fourth-order valence-corrected chi connectivity index (χ4v) is 5.11. The smallest absolute Gasteiger partial charge is 0.275 e. The molecule has 1 fully saturated rings. The van der Waals surface area contributed by atoms with Crippen LogP contribution in [-0.4, -0.2) is 34.8 Å². The van der Waals surface area contributed by atoms with Crippen molar-refractivity contribution in [3.63, 3.8) is 0 Å². The molecule has 0 unspecified atom stereocenters. The summed E-state index contributed by atoms with van der Waals surface area (Å²) in [4.78, 5) is 31.9. The molecule has 1 saturated heterocycles. The second-order valence-electron chi connectivity index (χ2n) is 8.20. The van der Waals surface area contributed by atoms with E-state index in [4.69, 9.17) is 0 Å². The van der Waals surface area contributed by atoms with Crippen LogP contribution in [0.2, 0.25) is 0 Å². The quantitative estimate of drug-likeness (QED) is 0.433. The molecule has 2 aromatic carbocycles. The number of anilines is 1. The van der Waals surface area contributed by atoms with Gasteiger partial charge < -0.3 is 10.2 Å². The Morgan fingerprint density at radius 3 is 2.58 bits per heavy atom. The van der Waals surface area contributed by atoms with Crippen LogP contribution in [-0.2, 0) is 4.79 Å². The molecule has 0 radical (unpaired) electrons. The molecule has 2 amide bonds. The van der Waals surface area contributed by atoms with Crippen LogP contribution >= 0.6 is 11.3 Å². The number of rotatable bonds is 7. The lowest BCUT2D eigenvalue weighted by atomic mass is 9.97. The third kappa shape index (κ3) is 5.76. The van der Waals surface area contributed by atoms with Crippen molar-refractivity contribution < 1.29 is 9.59 Å². The van der Waals surface area contributed by atoms with E-state index >= 15 is 0 Å². The van der Waals surface area contributed by atoms with Crippen molar-refractivity contribution in [3.05, 3.63) is 82.8 Å². The summed E-state index contributed by atoms with van der Waals surface area (Å²) in [6.07, 6.45) is 7.16. The van der Waals surface area contributed by atoms with Crippen molar-refractivity contribution in [3.8, 4) is 11.1 Å². The van der Waals surface area contributed by atoms with Gasteiger partial charge in [-0.3, -0.25) is 9.59 Å². The van der Waals surface area contributed by atoms with Gasteiger partial charge in [-0.1, -0.05) is 60.7 Å². The zero-order valence-electron chi connectivity index (χ0n) is 18.9. The van der Waals surface area contributed by atoms with Gasteiger partial charge in [-0.2, -0.15) is 0 Å². The molecular weight excluding hydrogens is 430 g/mol. The molecule has 1 aliphatic rings. The number of likely N-dealkylation sites (tertiary alicyclic amines) is 1. The lowest BCUT2D eigenvalue weighted by Gasteiger charge is -2.31. The number of nitrogens with zero attached hydrogens (tertiary/aromatic N) is 2. The number of piperidine rings is 1. The number of carbonyl (C=O) groups excluding carboxylic acids is 2. The number of nitrogens with one attached hydrogen (secondary N) is 1. The first kappa shape index (κ1) is 22.9. The largest absolute Gasteiger partial charge is 0.343 e. The second-order valence-corrected chi connectivity index (χ2v) is 9.09. The highest BCUT2D eigenvalue weighted by atomic mass is 32.1. The molecule has 3 aromatic rings. The van der Waals surface area contributed by atoms with Gasteiger partial charge in [0.25, 0.3) is 5.91 Å². The Morgan fingerprint density at radius 2 is 1.82 bits per heavy atom. The molecule has 33 heavy (non-hydrogen) atoms. The van der Waals surface area contributed by atoms with Crippen LogP contribution in [0.25, 0.3) is 11.1 Å². The van der Waals surface area contributed by atoms with Crippen LogP contribution in [0.1, 0.15) is 54.0 Å². The van der Waals surface area contributed by atoms with Crippen LogP contribution in [0.5, 0.6) is 0 Å². The minimum atomic E-state index is -0.197. The molecule has 170 valence electrons. The van der Waals surface area contributed by atoms with Crippen LogP contribution in [0, 0.1) is 0 Å².